The SMILES string of the molecule is COC(O)CCc1cccc(CONC[C@@H]2c3ccccc3C(=O)N[C@H]2c2ccc(Cl)cc2Cl)c1. The first-order valence-electron chi connectivity index (χ1n) is 11.4. The Hall–Kier alpha value is -2.45. The summed E-state index contributed by atoms with van der Waals surface area (Å²) in [6.45, 7) is 0.828. The van der Waals surface area contributed by atoms with Crippen LogP contribution in [-0.4, -0.2) is 31.0 Å². The lowest BCUT2D eigenvalue weighted by atomic mass is 9.81. The normalized spacial score (nSPS) is 18.1. The van der Waals surface area contributed by atoms with Gasteiger partial charge in [0, 0.05) is 41.6 Å². The van der Waals surface area contributed by atoms with Gasteiger partial charge in [-0.15, -0.1) is 0 Å². The Balaban J connectivity index is 1.44. The predicted octanol–water partition coefficient (Wildman–Crippen LogP) is 5.18. The van der Waals surface area contributed by atoms with Crippen molar-refractivity contribution in [2.75, 3.05) is 13.7 Å². The van der Waals surface area contributed by atoms with Gasteiger partial charge >= 0.3 is 0 Å². The van der Waals surface area contributed by atoms with Crippen LogP contribution in [0.15, 0.2) is 66.7 Å². The van der Waals surface area contributed by atoms with Crippen LogP contribution >= 0.6 is 23.2 Å². The van der Waals surface area contributed by atoms with Crippen molar-refractivity contribution in [3.8, 4) is 0 Å². The third-order valence-electron chi connectivity index (χ3n) is 6.18. The fraction of sp³-hybridized carbons (Fsp3) is 0.296. The number of ether oxygens (including phenoxy) is 1. The number of carbonyl (C=O) groups is 1. The van der Waals surface area contributed by atoms with E-state index in [0.29, 0.717) is 41.6 Å². The minimum Gasteiger partial charge on any atom is -0.368 e. The summed E-state index contributed by atoms with van der Waals surface area (Å²) in [5, 5.41) is 13.8. The number of rotatable bonds is 10. The number of hydrogen-bond donors (Lipinski definition) is 3. The number of aliphatic hydroxyl groups is 1. The third kappa shape index (κ3) is 6.41. The van der Waals surface area contributed by atoms with Crippen molar-refractivity contribution in [2.24, 2.45) is 0 Å². The molecule has 0 fully saturated rings. The van der Waals surface area contributed by atoms with Crippen LogP contribution in [0.1, 0.15) is 51.0 Å². The zero-order valence-corrected chi connectivity index (χ0v) is 20.9. The minimum absolute atomic E-state index is 0.107. The first kappa shape index (κ1) is 25.6. The summed E-state index contributed by atoms with van der Waals surface area (Å²) in [5.74, 6) is -0.242. The molecule has 1 aliphatic rings. The minimum atomic E-state index is -0.766. The zero-order chi connectivity index (χ0) is 24.8. The van der Waals surface area contributed by atoms with E-state index in [1.54, 1.807) is 12.1 Å². The molecule has 0 radical (unpaired) electrons. The molecule has 3 aromatic rings. The molecule has 0 bridgehead atoms. The van der Waals surface area contributed by atoms with Crippen LogP contribution in [0.2, 0.25) is 10.0 Å². The lowest BCUT2D eigenvalue weighted by Gasteiger charge is -2.35. The Morgan fingerprint density at radius 3 is 2.63 bits per heavy atom. The molecule has 184 valence electrons. The highest BCUT2D eigenvalue weighted by atomic mass is 35.5. The van der Waals surface area contributed by atoms with Gasteiger partial charge in [0.25, 0.3) is 5.91 Å². The third-order valence-corrected chi connectivity index (χ3v) is 6.74. The second-order valence-corrected chi connectivity index (χ2v) is 9.34. The number of methoxy groups -OCH3 is 1. The molecule has 3 N–H and O–H groups in total. The first-order chi connectivity index (χ1) is 17.0. The molecule has 0 aliphatic carbocycles. The van der Waals surface area contributed by atoms with E-state index >= 15 is 0 Å². The molecule has 8 heteroatoms. The molecule has 35 heavy (non-hydrogen) atoms. The topological polar surface area (TPSA) is 79.8 Å². The van der Waals surface area contributed by atoms with Crippen molar-refractivity contribution in [2.45, 2.75) is 37.7 Å². The number of hydroxylamine groups is 1. The average Bonchev–Trinajstić information content (AvgIpc) is 2.86. The number of fused-ring (bicyclic) bond motifs is 1. The van der Waals surface area contributed by atoms with Crippen LogP contribution < -0.4 is 10.8 Å². The highest BCUT2D eigenvalue weighted by Gasteiger charge is 2.35. The molecule has 3 atom stereocenters. The van der Waals surface area contributed by atoms with E-state index in [-0.39, 0.29) is 17.9 Å². The Morgan fingerprint density at radius 1 is 1.03 bits per heavy atom. The molecule has 1 amide bonds. The quantitative estimate of drug-likeness (QED) is 0.197. The van der Waals surface area contributed by atoms with E-state index in [4.69, 9.17) is 32.8 Å². The van der Waals surface area contributed by atoms with Crippen molar-refractivity contribution >= 4 is 29.1 Å². The number of aryl methyl sites for hydroxylation is 1. The molecular formula is C27H28Cl2N2O4. The van der Waals surface area contributed by atoms with Crippen LogP contribution in [0, 0.1) is 0 Å². The summed E-state index contributed by atoms with van der Waals surface area (Å²) in [6, 6.07) is 20.6. The van der Waals surface area contributed by atoms with E-state index in [1.165, 1.54) is 7.11 Å². The molecule has 0 spiro atoms. The Labute approximate surface area is 215 Å². The Morgan fingerprint density at radius 2 is 1.83 bits per heavy atom. The molecule has 1 aliphatic heterocycles. The van der Waals surface area contributed by atoms with E-state index in [2.05, 4.69) is 16.9 Å². The van der Waals surface area contributed by atoms with Gasteiger partial charge in [-0.05, 0) is 46.9 Å². The van der Waals surface area contributed by atoms with Gasteiger partial charge in [0.2, 0.25) is 0 Å². The van der Waals surface area contributed by atoms with Gasteiger partial charge in [0.15, 0.2) is 6.29 Å². The van der Waals surface area contributed by atoms with Crippen LogP contribution in [0.5, 0.6) is 0 Å². The van der Waals surface area contributed by atoms with E-state index in [9.17, 15) is 9.90 Å². The van der Waals surface area contributed by atoms with Crippen LogP contribution in [-0.2, 0) is 22.6 Å². The van der Waals surface area contributed by atoms with Gasteiger partial charge in [-0.1, -0.05) is 71.7 Å². The molecule has 0 saturated heterocycles. The standard InChI is InChI=1S/C27H28Cl2N2O4/c1-34-25(32)12-9-17-5-4-6-18(13-17)16-35-30-15-23-20-7-2-3-8-21(20)27(33)31-26(23)22-11-10-19(28)14-24(22)29/h2-8,10-11,13-14,23,25-26,30,32H,9,12,15-16H2,1H3,(H,31,33)/t23-,25?,26+/m1/s1. The number of aliphatic hydroxyl groups excluding tert-OH is 1. The largest absolute Gasteiger partial charge is 0.368 e. The fourth-order valence-electron chi connectivity index (χ4n) is 4.37. The van der Waals surface area contributed by atoms with Gasteiger partial charge in [-0.25, -0.2) is 5.48 Å². The maximum Gasteiger partial charge on any atom is 0.252 e. The zero-order valence-electron chi connectivity index (χ0n) is 19.3. The molecule has 1 heterocycles. The second-order valence-electron chi connectivity index (χ2n) is 8.50. The van der Waals surface area contributed by atoms with Gasteiger partial charge in [0.05, 0.1) is 12.6 Å². The first-order valence-corrected chi connectivity index (χ1v) is 12.2. The summed E-state index contributed by atoms with van der Waals surface area (Å²) in [5.41, 5.74) is 7.58. The number of amides is 1. The maximum absolute atomic E-state index is 12.8. The van der Waals surface area contributed by atoms with Gasteiger partial charge in [0.1, 0.15) is 0 Å². The number of hydrogen-bond acceptors (Lipinski definition) is 5. The van der Waals surface area contributed by atoms with E-state index in [0.717, 1.165) is 22.3 Å². The van der Waals surface area contributed by atoms with Crippen LogP contribution in [0.25, 0.3) is 0 Å². The fourth-order valence-corrected chi connectivity index (χ4v) is 4.89. The molecule has 3 aromatic carbocycles. The number of carbonyl (C=O) groups excluding carboxylic acids is 1. The highest BCUT2D eigenvalue weighted by molar-refractivity contribution is 6.35. The molecule has 4 rings (SSSR count). The van der Waals surface area contributed by atoms with Gasteiger partial charge in [-0.2, -0.15) is 0 Å². The summed E-state index contributed by atoms with van der Waals surface area (Å²) < 4.78 is 4.90. The Bertz CT molecular complexity index is 1170. The lowest BCUT2D eigenvalue weighted by Crippen LogP contribution is -2.42. The van der Waals surface area contributed by atoms with E-state index < -0.39 is 6.29 Å². The summed E-state index contributed by atoms with van der Waals surface area (Å²) >= 11 is 12.6. The van der Waals surface area contributed by atoms with Crippen molar-refractivity contribution in [3.63, 3.8) is 0 Å². The number of benzene rings is 3. The van der Waals surface area contributed by atoms with E-state index in [1.807, 2.05) is 48.5 Å². The molecule has 6 nitrogen and oxygen atoms in total. The van der Waals surface area contributed by atoms with Crippen LogP contribution in [0.4, 0.5) is 0 Å². The van der Waals surface area contributed by atoms with Crippen molar-refractivity contribution in [1.82, 2.24) is 10.8 Å². The second kappa shape index (κ2) is 12.0. The van der Waals surface area contributed by atoms with Crippen molar-refractivity contribution in [1.29, 1.82) is 0 Å². The molecular weight excluding hydrogens is 487 g/mol. The smallest absolute Gasteiger partial charge is 0.252 e. The Kier molecular flexibility index (Phi) is 8.78. The molecule has 0 saturated carbocycles. The number of halogens is 2. The van der Waals surface area contributed by atoms with Crippen molar-refractivity contribution < 1.29 is 19.5 Å². The monoisotopic (exact) mass is 514 g/mol. The lowest BCUT2D eigenvalue weighted by molar-refractivity contribution is -0.0777. The maximum atomic E-state index is 12.8. The van der Waals surface area contributed by atoms with Crippen LogP contribution in [0.3, 0.4) is 0 Å². The summed E-state index contributed by atoms with van der Waals surface area (Å²) in [6.07, 6.45) is 0.469. The molecule has 0 aromatic heterocycles. The van der Waals surface area contributed by atoms with Crippen molar-refractivity contribution in [3.05, 3.63) is 105 Å². The highest BCUT2D eigenvalue weighted by Crippen LogP contribution is 2.39. The average molecular weight is 515 g/mol. The number of nitrogens with one attached hydrogen (secondary N) is 2. The van der Waals surface area contributed by atoms with Gasteiger partial charge in [-0.3, -0.25) is 9.63 Å². The summed E-state index contributed by atoms with van der Waals surface area (Å²) in [7, 11) is 1.49. The predicted molar refractivity (Wildman–Crippen MR) is 136 cm³/mol. The molecule has 1 unspecified atom stereocenters. The summed E-state index contributed by atoms with van der Waals surface area (Å²) in [4.78, 5) is 18.6. The van der Waals surface area contributed by atoms with Gasteiger partial charge < -0.3 is 15.2 Å².